The first-order valence-electron chi connectivity index (χ1n) is 19.2. The Labute approximate surface area is 480 Å². The van der Waals surface area contributed by atoms with Gasteiger partial charge in [-0.25, -0.2) is 30.2 Å². The Bertz CT molecular complexity index is 2970. The average Bonchev–Trinajstić information content (AvgIpc) is 3.20. The number of rotatable bonds is 22. The normalized spacial score (nSPS) is 11.8. The van der Waals surface area contributed by atoms with Crippen molar-refractivity contribution in [2.75, 3.05) is 36.6 Å². The minimum atomic E-state index is -4.95. The van der Waals surface area contributed by atoms with Crippen LogP contribution in [0.5, 0.6) is 11.5 Å². The van der Waals surface area contributed by atoms with E-state index in [1.807, 2.05) is 13.8 Å². The van der Waals surface area contributed by atoms with E-state index in [-0.39, 0.29) is 171 Å². The second-order valence-electron chi connectivity index (χ2n) is 13.9. The number of benzene rings is 4. The van der Waals surface area contributed by atoms with Gasteiger partial charge in [0.05, 0.1) is 70.5 Å². The fourth-order valence-corrected chi connectivity index (χ4v) is 7.97. The molecular weight excluding hydrogens is 1060 g/mol. The van der Waals surface area contributed by atoms with Crippen molar-refractivity contribution in [3.8, 4) is 11.5 Å². The van der Waals surface area contributed by atoms with Crippen molar-refractivity contribution >= 4 is 105 Å². The van der Waals surface area contributed by atoms with Gasteiger partial charge < -0.3 is 28.4 Å². The molecule has 1 heterocycles. The van der Waals surface area contributed by atoms with E-state index in [9.17, 15) is 38.9 Å². The van der Waals surface area contributed by atoms with E-state index in [1.54, 1.807) is 30.3 Å². The van der Waals surface area contributed by atoms with Crippen molar-refractivity contribution in [1.82, 2.24) is 15.0 Å². The monoisotopic (exact) mass is 1100 g/mol. The van der Waals surface area contributed by atoms with Gasteiger partial charge in [-0.2, -0.15) is 20.2 Å². The molecule has 348 valence electrons. The maximum atomic E-state index is 11.7. The molecule has 1 aromatic heterocycles. The van der Waals surface area contributed by atoms with Gasteiger partial charge in [0.15, 0.2) is 0 Å². The Balaban J connectivity index is 0.00000529. The second-order valence-corrected chi connectivity index (χ2v) is 19.9. The number of nitrogens with one attached hydrogen (secondary N) is 1. The molecular formula is C39H37Cl4N8Na3O11S3. The van der Waals surface area contributed by atoms with Gasteiger partial charge in [-0.1, -0.05) is 59.7 Å². The Morgan fingerprint density at radius 3 is 1.56 bits per heavy atom. The third-order valence-electron chi connectivity index (χ3n) is 8.74. The first-order valence-corrected chi connectivity index (χ1v) is 25.2. The van der Waals surface area contributed by atoms with Crippen LogP contribution in [-0.4, -0.2) is 85.1 Å². The van der Waals surface area contributed by atoms with E-state index in [1.165, 1.54) is 18.2 Å². The summed E-state index contributed by atoms with van der Waals surface area (Å²) >= 11 is 25.4. The van der Waals surface area contributed by atoms with Crippen LogP contribution in [0.1, 0.15) is 54.5 Å². The third kappa shape index (κ3) is 20.5. The number of anilines is 1. The Kier molecular flexibility index (Phi) is 26.3. The van der Waals surface area contributed by atoms with Crippen molar-refractivity contribution in [3.63, 3.8) is 0 Å². The fraction of sp³-hybridized carbons (Fsp3) is 0.308. The zero-order valence-corrected chi connectivity index (χ0v) is 48.7. The first-order chi connectivity index (χ1) is 30.6. The van der Waals surface area contributed by atoms with Crippen LogP contribution in [0.3, 0.4) is 0 Å². The SMILES string of the molecule is CCCCOc1cc(N=Nc2ccc(Cl)c(C)c2)c(Cl)cc1Cc1nc(Cc2cc(Cl)c(N=Nc3ccc(Cl)c(S(=O)(=O)[O-])c3)cc2OCCCS(=O)(=O)[O-])nc(NCCS(=O)(=O)[O-])n1.[Na+].[Na+].[Na+]. The third-order valence-corrected chi connectivity index (χ3v) is 12.6. The summed E-state index contributed by atoms with van der Waals surface area (Å²) < 4.78 is 115. The zero-order chi connectivity index (χ0) is 47.5. The maximum absolute atomic E-state index is 11.7. The molecule has 0 bridgehead atoms. The number of halogens is 4. The molecule has 5 aromatic rings. The maximum Gasteiger partial charge on any atom is 1.00 e. The van der Waals surface area contributed by atoms with Gasteiger partial charge >= 0.3 is 88.7 Å². The summed E-state index contributed by atoms with van der Waals surface area (Å²) in [5.74, 6) is -0.922. The van der Waals surface area contributed by atoms with Crippen molar-refractivity contribution < 1.29 is 137 Å². The molecule has 19 nitrogen and oxygen atoms in total. The van der Waals surface area contributed by atoms with Crippen molar-refractivity contribution in [3.05, 3.63) is 109 Å². The van der Waals surface area contributed by atoms with Gasteiger partial charge in [0.25, 0.3) is 0 Å². The number of aromatic nitrogens is 3. The predicted octanol–water partition coefficient (Wildman–Crippen LogP) is 0.172. The predicted molar refractivity (Wildman–Crippen MR) is 240 cm³/mol. The second kappa shape index (κ2) is 28.6. The minimum absolute atomic E-state index is 0. The van der Waals surface area contributed by atoms with E-state index >= 15 is 0 Å². The quantitative estimate of drug-likeness (QED) is 0.0419. The van der Waals surface area contributed by atoms with Crippen LogP contribution in [-0.2, 0) is 43.2 Å². The molecule has 0 spiro atoms. The van der Waals surface area contributed by atoms with Crippen LogP contribution in [0.4, 0.5) is 28.7 Å². The number of aryl methyl sites for hydroxylation is 1. The summed E-state index contributed by atoms with van der Waals surface area (Å²) in [4.78, 5) is 12.8. The van der Waals surface area contributed by atoms with Crippen LogP contribution < -0.4 is 103 Å². The largest absolute Gasteiger partial charge is 1.00 e. The van der Waals surface area contributed by atoms with E-state index in [2.05, 4.69) is 40.7 Å². The summed E-state index contributed by atoms with van der Waals surface area (Å²) in [7, 11) is -14.1. The average molecular weight is 1100 g/mol. The summed E-state index contributed by atoms with van der Waals surface area (Å²) in [5, 5.41) is 19.9. The number of hydrogen-bond donors (Lipinski definition) is 1. The number of ether oxygens (including phenoxy) is 2. The van der Waals surface area contributed by atoms with E-state index in [0.717, 1.165) is 30.5 Å². The molecule has 68 heavy (non-hydrogen) atoms. The summed E-state index contributed by atoms with van der Waals surface area (Å²) in [6.45, 7) is 3.57. The molecule has 0 fully saturated rings. The number of hydrogen-bond acceptors (Lipinski definition) is 19. The molecule has 29 heteroatoms. The smallest absolute Gasteiger partial charge is 0.748 e. The standard InChI is InChI=1S/C39H40Cl4N8O11S3.3Na/c1-3-4-11-61-34-21-32(50-48-26-6-8-28(40)23(2)15-26)30(42)16-24(34)18-37-45-38(47-39(46-37)44-10-14-64(55,56)57)19-25-17-31(43)33(22-35(25)62-12-5-13-63(52,53)54)51-49-27-7-9-29(41)36(20-27)65(58,59)60;;;/h6-9,15-17,20-22H,3-5,10-14,18-19H2,1-2H3,(H,52,53,54)(H,55,56,57)(H,58,59,60)(H,44,45,46,47);;;/q;3*+1/p-3. The van der Waals surface area contributed by atoms with Gasteiger partial charge in [0, 0.05) is 53.4 Å². The minimum Gasteiger partial charge on any atom is -0.748 e. The zero-order valence-electron chi connectivity index (χ0n) is 37.2. The van der Waals surface area contributed by atoms with Gasteiger partial charge in [-0.05, 0) is 73.9 Å². The van der Waals surface area contributed by atoms with E-state index in [0.29, 0.717) is 39.9 Å². The Hall–Kier alpha value is -1.62. The molecule has 5 rings (SSSR count). The van der Waals surface area contributed by atoms with Crippen molar-refractivity contribution in [1.29, 1.82) is 0 Å². The van der Waals surface area contributed by atoms with Crippen molar-refractivity contribution in [2.24, 2.45) is 20.5 Å². The van der Waals surface area contributed by atoms with Crippen LogP contribution >= 0.6 is 46.4 Å². The van der Waals surface area contributed by atoms with Gasteiger partial charge in [0.2, 0.25) is 5.95 Å². The molecule has 0 amide bonds. The molecule has 0 aliphatic heterocycles. The molecule has 0 radical (unpaired) electrons. The van der Waals surface area contributed by atoms with Crippen LogP contribution in [0.15, 0.2) is 86.0 Å². The number of azo groups is 2. The molecule has 0 aliphatic rings. The number of nitrogens with zero attached hydrogens (tertiary/aromatic N) is 7. The number of unbranched alkanes of at least 4 members (excludes halogenated alkanes) is 1. The van der Waals surface area contributed by atoms with E-state index in [4.69, 9.17) is 55.9 Å². The van der Waals surface area contributed by atoms with Crippen LogP contribution in [0.2, 0.25) is 20.1 Å². The Morgan fingerprint density at radius 2 is 1.09 bits per heavy atom. The fourth-order valence-electron chi connectivity index (χ4n) is 5.60. The summed E-state index contributed by atoms with van der Waals surface area (Å²) in [6.07, 6.45) is 1.21. The van der Waals surface area contributed by atoms with Gasteiger partial charge in [-0.15, -0.1) is 10.2 Å². The topological polar surface area (TPSA) is 290 Å². The molecule has 0 saturated heterocycles. The van der Waals surface area contributed by atoms with Crippen LogP contribution in [0.25, 0.3) is 0 Å². The Morgan fingerprint density at radius 1 is 0.603 bits per heavy atom. The summed E-state index contributed by atoms with van der Waals surface area (Å²) in [5.41, 5.74) is 2.42. The van der Waals surface area contributed by atoms with Gasteiger partial charge in [0.1, 0.15) is 44.6 Å². The first kappa shape index (κ1) is 62.5. The summed E-state index contributed by atoms with van der Waals surface area (Å²) in [6, 6.07) is 14.5. The molecule has 1 N–H and O–H groups in total. The molecule has 4 aromatic carbocycles. The molecule has 0 atom stereocenters. The molecule has 0 aliphatic carbocycles. The van der Waals surface area contributed by atoms with Crippen LogP contribution in [0, 0.1) is 6.92 Å². The van der Waals surface area contributed by atoms with Gasteiger partial charge in [-0.3, -0.25) is 0 Å². The van der Waals surface area contributed by atoms with Crippen molar-refractivity contribution in [2.45, 2.75) is 50.8 Å². The molecule has 0 unspecified atom stereocenters. The molecule has 0 saturated carbocycles. The van der Waals surface area contributed by atoms with E-state index < -0.39 is 46.8 Å².